The van der Waals surface area contributed by atoms with E-state index in [1.54, 1.807) is 0 Å². The normalized spacial score (nSPS) is 22.9. The average molecular weight is 242 g/mol. The molecule has 0 heterocycles. The van der Waals surface area contributed by atoms with Crippen LogP contribution in [0.1, 0.15) is 38.5 Å². The average Bonchev–Trinajstić information content (AvgIpc) is 2.38. The number of rotatable bonds is 3. The summed E-state index contributed by atoms with van der Waals surface area (Å²) in [5.74, 6) is 0. The molecule has 0 aliphatic heterocycles. The molecule has 0 aromatic heterocycles. The van der Waals surface area contributed by atoms with Gasteiger partial charge in [-0.15, -0.1) is 0 Å². The van der Waals surface area contributed by atoms with Gasteiger partial charge in [-0.1, -0.05) is 56.6 Å². The van der Waals surface area contributed by atoms with Gasteiger partial charge in [-0.25, -0.2) is 0 Å². The smallest absolute Gasteiger partial charge is 0.0823 e. The first-order chi connectivity index (χ1) is 7.40. The van der Waals surface area contributed by atoms with E-state index >= 15 is 0 Å². The van der Waals surface area contributed by atoms with Crippen LogP contribution in [0.15, 0.2) is 11.3 Å². The Bertz CT molecular complexity index is 245. The van der Waals surface area contributed by atoms with Gasteiger partial charge in [-0.2, -0.15) is 0 Å². The number of hydrogen-bond acceptors (Lipinski definition) is 2. The van der Waals surface area contributed by atoms with Crippen molar-refractivity contribution in [2.45, 2.75) is 63.8 Å². The highest BCUT2D eigenvalue weighted by Crippen LogP contribution is 2.37. The zero-order valence-electron chi connectivity index (χ0n) is 10.9. The number of aliphatic hydroxyl groups excluding tert-OH is 1. The molecule has 1 saturated carbocycles. The molecule has 1 aliphatic rings. The fourth-order valence-electron chi connectivity index (χ4n) is 2.87. The van der Waals surface area contributed by atoms with Crippen LogP contribution in [0.25, 0.3) is 0 Å². The van der Waals surface area contributed by atoms with Crippen molar-refractivity contribution in [1.29, 1.82) is 0 Å². The van der Waals surface area contributed by atoms with E-state index in [1.165, 1.54) is 12.8 Å². The molecule has 0 spiro atoms. The Hall–Kier alpha value is -0.123. The SMILES string of the molecule is C[Si](C)(C)/C(=C/CO)C1(O)CCCCCC1. The molecule has 0 unspecified atom stereocenters. The van der Waals surface area contributed by atoms with Crippen LogP contribution < -0.4 is 0 Å². The second kappa shape index (κ2) is 5.47. The minimum atomic E-state index is -1.54. The van der Waals surface area contributed by atoms with Gasteiger partial charge >= 0.3 is 0 Å². The van der Waals surface area contributed by atoms with Gasteiger partial charge in [0.25, 0.3) is 0 Å². The Labute approximate surface area is 100 Å². The van der Waals surface area contributed by atoms with Gasteiger partial charge in [0.1, 0.15) is 0 Å². The molecule has 2 N–H and O–H groups in total. The lowest BCUT2D eigenvalue weighted by atomic mass is 9.93. The van der Waals surface area contributed by atoms with Crippen LogP contribution in [-0.4, -0.2) is 30.5 Å². The molecule has 1 aliphatic carbocycles. The Kier molecular flexibility index (Phi) is 4.77. The van der Waals surface area contributed by atoms with Crippen molar-refractivity contribution < 1.29 is 10.2 Å². The fraction of sp³-hybridized carbons (Fsp3) is 0.846. The monoisotopic (exact) mass is 242 g/mol. The second-order valence-electron chi connectivity index (χ2n) is 6.00. The summed E-state index contributed by atoms with van der Waals surface area (Å²) in [6.07, 6.45) is 8.33. The first kappa shape index (κ1) is 13.9. The molecule has 16 heavy (non-hydrogen) atoms. The van der Waals surface area contributed by atoms with E-state index in [9.17, 15) is 5.11 Å². The third-order valence-corrected chi connectivity index (χ3v) is 5.82. The summed E-state index contributed by atoms with van der Waals surface area (Å²) < 4.78 is 0. The molecule has 2 nitrogen and oxygen atoms in total. The summed E-state index contributed by atoms with van der Waals surface area (Å²) in [6, 6.07) is 0. The molecule has 0 atom stereocenters. The third kappa shape index (κ3) is 3.44. The van der Waals surface area contributed by atoms with Crippen molar-refractivity contribution in [2.24, 2.45) is 0 Å². The first-order valence-corrected chi connectivity index (χ1v) is 9.94. The molecular weight excluding hydrogens is 216 g/mol. The zero-order chi connectivity index (χ0) is 12.2. The molecule has 0 radical (unpaired) electrons. The lowest BCUT2D eigenvalue weighted by Crippen LogP contribution is -2.42. The Balaban J connectivity index is 2.95. The summed E-state index contributed by atoms with van der Waals surface area (Å²) in [5, 5.41) is 21.1. The van der Waals surface area contributed by atoms with Crippen LogP contribution in [0, 0.1) is 0 Å². The Morgan fingerprint density at radius 2 is 1.62 bits per heavy atom. The maximum absolute atomic E-state index is 10.8. The van der Waals surface area contributed by atoms with E-state index in [1.807, 2.05) is 6.08 Å². The van der Waals surface area contributed by atoms with E-state index in [4.69, 9.17) is 5.11 Å². The molecule has 1 fully saturated rings. The van der Waals surface area contributed by atoms with Crippen LogP contribution in [0.5, 0.6) is 0 Å². The van der Waals surface area contributed by atoms with Crippen molar-refractivity contribution in [3.05, 3.63) is 11.3 Å². The molecule has 0 aromatic carbocycles. The van der Waals surface area contributed by atoms with Gasteiger partial charge in [0, 0.05) is 0 Å². The lowest BCUT2D eigenvalue weighted by Gasteiger charge is -2.37. The predicted molar refractivity (Wildman–Crippen MR) is 71.2 cm³/mol. The van der Waals surface area contributed by atoms with Crippen LogP contribution in [0.3, 0.4) is 0 Å². The minimum Gasteiger partial charge on any atom is -0.392 e. The van der Waals surface area contributed by atoms with E-state index in [-0.39, 0.29) is 6.61 Å². The van der Waals surface area contributed by atoms with Gasteiger partial charge in [0.05, 0.1) is 20.3 Å². The maximum atomic E-state index is 10.8. The lowest BCUT2D eigenvalue weighted by molar-refractivity contribution is 0.0677. The van der Waals surface area contributed by atoms with Crippen molar-refractivity contribution >= 4 is 8.07 Å². The van der Waals surface area contributed by atoms with Gasteiger partial charge in [0.2, 0.25) is 0 Å². The van der Waals surface area contributed by atoms with Gasteiger partial charge in [-0.05, 0) is 12.8 Å². The predicted octanol–water partition coefficient (Wildman–Crippen LogP) is 2.87. The van der Waals surface area contributed by atoms with Crippen molar-refractivity contribution in [3.63, 3.8) is 0 Å². The number of aliphatic hydroxyl groups is 2. The van der Waals surface area contributed by atoms with Crippen LogP contribution in [0.2, 0.25) is 19.6 Å². The van der Waals surface area contributed by atoms with Crippen LogP contribution in [0.4, 0.5) is 0 Å². The summed E-state index contributed by atoms with van der Waals surface area (Å²) in [7, 11) is -1.54. The highest BCUT2D eigenvalue weighted by Gasteiger charge is 2.38. The first-order valence-electron chi connectivity index (χ1n) is 6.44. The summed E-state index contributed by atoms with van der Waals surface area (Å²) >= 11 is 0. The summed E-state index contributed by atoms with van der Waals surface area (Å²) in [5.41, 5.74) is -0.621. The molecule has 94 valence electrons. The van der Waals surface area contributed by atoms with Crippen LogP contribution in [-0.2, 0) is 0 Å². The van der Waals surface area contributed by atoms with Crippen molar-refractivity contribution in [2.75, 3.05) is 6.61 Å². The highest BCUT2D eigenvalue weighted by atomic mass is 28.3. The Morgan fingerprint density at radius 1 is 1.12 bits per heavy atom. The molecule has 0 bridgehead atoms. The number of hydrogen-bond donors (Lipinski definition) is 2. The Morgan fingerprint density at radius 3 is 2.00 bits per heavy atom. The molecule has 1 rings (SSSR count). The second-order valence-corrected chi connectivity index (χ2v) is 11.0. The minimum absolute atomic E-state index is 0.0575. The molecular formula is C13H26O2Si. The van der Waals surface area contributed by atoms with Crippen molar-refractivity contribution in [3.8, 4) is 0 Å². The van der Waals surface area contributed by atoms with Gasteiger partial charge in [0.15, 0.2) is 0 Å². The van der Waals surface area contributed by atoms with Crippen LogP contribution >= 0.6 is 0 Å². The molecule has 0 amide bonds. The van der Waals surface area contributed by atoms with E-state index in [0.29, 0.717) is 0 Å². The van der Waals surface area contributed by atoms with E-state index < -0.39 is 13.7 Å². The molecule has 0 aromatic rings. The maximum Gasteiger partial charge on any atom is 0.0823 e. The standard InChI is InChI=1S/C13H26O2Si/c1-16(2,3)12(8-11-14)13(15)9-6-4-5-7-10-13/h8,14-15H,4-7,9-11H2,1-3H3/b12-8+. The fourth-order valence-corrected chi connectivity index (χ4v) is 5.22. The van der Waals surface area contributed by atoms with Gasteiger partial charge < -0.3 is 10.2 Å². The summed E-state index contributed by atoms with van der Waals surface area (Å²) in [4.78, 5) is 0. The van der Waals surface area contributed by atoms with Gasteiger partial charge in [-0.3, -0.25) is 0 Å². The van der Waals surface area contributed by atoms with E-state index in [2.05, 4.69) is 19.6 Å². The third-order valence-electron chi connectivity index (χ3n) is 3.54. The quantitative estimate of drug-likeness (QED) is 0.590. The molecule has 3 heteroatoms. The topological polar surface area (TPSA) is 40.5 Å². The highest BCUT2D eigenvalue weighted by molar-refractivity contribution is 6.83. The molecule has 0 saturated heterocycles. The zero-order valence-corrected chi connectivity index (χ0v) is 11.9. The largest absolute Gasteiger partial charge is 0.392 e. The van der Waals surface area contributed by atoms with Crippen molar-refractivity contribution in [1.82, 2.24) is 0 Å². The van der Waals surface area contributed by atoms with E-state index in [0.717, 1.165) is 30.9 Å². The summed E-state index contributed by atoms with van der Waals surface area (Å²) in [6.45, 7) is 6.80.